The second kappa shape index (κ2) is 9.93. The highest BCUT2D eigenvalue weighted by atomic mass is 32.2. The van der Waals surface area contributed by atoms with Crippen LogP contribution in [0.5, 0.6) is 11.5 Å². The fraction of sp³-hybridized carbons (Fsp3) is 0.346. The van der Waals surface area contributed by atoms with E-state index in [-0.39, 0.29) is 24.0 Å². The molecule has 1 amide bonds. The summed E-state index contributed by atoms with van der Waals surface area (Å²) in [5.41, 5.74) is 3.30. The van der Waals surface area contributed by atoms with E-state index in [0.717, 1.165) is 11.1 Å². The molecule has 1 aromatic heterocycles. The number of rotatable bonds is 7. The van der Waals surface area contributed by atoms with Crippen LogP contribution < -0.4 is 20.3 Å². The van der Waals surface area contributed by atoms with E-state index >= 15 is 0 Å². The van der Waals surface area contributed by atoms with Gasteiger partial charge in [0.25, 0.3) is 5.56 Å². The molecule has 178 valence electrons. The Bertz CT molecular complexity index is 1290. The molecule has 3 aromatic rings. The number of aromatic nitrogens is 2. The first kappa shape index (κ1) is 23.9. The van der Waals surface area contributed by atoms with Crippen molar-refractivity contribution in [2.24, 2.45) is 7.05 Å². The number of fused-ring (bicyclic) bond motifs is 1. The van der Waals surface area contributed by atoms with Gasteiger partial charge >= 0.3 is 0 Å². The molecule has 0 radical (unpaired) electrons. The number of methoxy groups -OCH3 is 1. The van der Waals surface area contributed by atoms with Crippen molar-refractivity contribution < 1.29 is 14.3 Å². The van der Waals surface area contributed by atoms with Gasteiger partial charge in [-0.2, -0.15) is 4.98 Å². The monoisotopic (exact) mass is 479 g/mol. The number of thioether (sulfide) groups is 1. The van der Waals surface area contributed by atoms with Crippen LogP contribution in [0.25, 0.3) is 0 Å². The number of benzene rings is 2. The zero-order valence-electron chi connectivity index (χ0n) is 20.0. The topological polar surface area (TPSA) is 82.5 Å². The van der Waals surface area contributed by atoms with Gasteiger partial charge in [-0.05, 0) is 44.0 Å². The molecule has 2 aromatic carbocycles. The molecule has 0 fully saturated rings. The number of nitrogens with one attached hydrogen (secondary N) is 1. The first-order valence-corrected chi connectivity index (χ1v) is 12.2. The van der Waals surface area contributed by atoms with Gasteiger partial charge in [-0.1, -0.05) is 47.7 Å². The van der Waals surface area contributed by atoms with Crippen LogP contribution >= 0.6 is 11.8 Å². The lowest BCUT2D eigenvalue weighted by Crippen LogP contribution is -2.33. The molecule has 0 unspecified atom stereocenters. The molecule has 34 heavy (non-hydrogen) atoms. The normalized spacial score (nSPS) is 15.1. The van der Waals surface area contributed by atoms with Crippen molar-refractivity contribution in [2.45, 2.75) is 50.1 Å². The van der Waals surface area contributed by atoms with Crippen LogP contribution in [-0.4, -0.2) is 28.7 Å². The third kappa shape index (κ3) is 4.97. The summed E-state index contributed by atoms with van der Waals surface area (Å²) in [5.74, 6) is 1.79. The Labute approximate surface area is 203 Å². The van der Waals surface area contributed by atoms with Gasteiger partial charge in [-0.25, -0.2) is 0 Å². The highest BCUT2D eigenvalue weighted by Crippen LogP contribution is 2.39. The minimum absolute atomic E-state index is 0.00634. The quantitative estimate of drug-likeness (QED) is 0.392. The highest BCUT2D eigenvalue weighted by Gasteiger charge is 2.32. The van der Waals surface area contributed by atoms with Crippen molar-refractivity contribution in [1.29, 1.82) is 0 Å². The first-order chi connectivity index (χ1) is 16.3. The molecule has 0 saturated carbocycles. The maximum absolute atomic E-state index is 13.2. The molecule has 0 aliphatic carbocycles. The largest absolute Gasteiger partial charge is 0.493 e. The van der Waals surface area contributed by atoms with Crippen LogP contribution in [0.2, 0.25) is 0 Å². The smallest absolute Gasteiger partial charge is 0.279 e. The summed E-state index contributed by atoms with van der Waals surface area (Å²) in [7, 11) is 3.40. The summed E-state index contributed by atoms with van der Waals surface area (Å²) in [5, 5.41) is 3.46. The summed E-state index contributed by atoms with van der Waals surface area (Å²) in [4.78, 5) is 30.3. The van der Waals surface area contributed by atoms with Crippen LogP contribution in [0.1, 0.15) is 48.4 Å². The van der Waals surface area contributed by atoms with Gasteiger partial charge in [-0.3, -0.25) is 9.59 Å². The van der Waals surface area contributed by atoms with E-state index in [1.54, 1.807) is 11.7 Å². The summed E-state index contributed by atoms with van der Waals surface area (Å²) in [6, 6.07) is 13.8. The van der Waals surface area contributed by atoms with Gasteiger partial charge in [-0.15, -0.1) is 0 Å². The van der Waals surface area contributed by atoms with Gasteiger partial charge in [0.05, 0.1) is 18.8 Å². The molecule has 1 aliphatic rings. The molecule has 1 atom stereocenters. The van der Waals surface area contributed by atoms with Crippen molar-refractivity contribution in [3.8, 4) is 11.5 Å². The zero-order valence-corrected chi connectivity index (χ0v) is 20.9. The number of carbonyl (C=O) groups excluding carboxylic acids is 1. The van der Waals surface area contributed by atoms with E-state index in [2.05, 4.69) is 16.4 Å². The lowest BCUT2D eigenvalue weighted by Gasteiger charge is -2.28. The van der Waals surface area contributed by atoms with E-state index in [0.29, 0.717) is 33.8 Å². The number of ether oxygens (including phenoxy) is 2. The molecular weight excluding hydrogens is 450 g/mol. The van der Waals surface area contributed by atoms with Crippen molar-refractivity contribution in [2.75, 3.05) is 12.4 Å². The van der Waals surface area contributed by atoms with Gasteiger partial charge in [0, 0.05) is 25.1 Å². The van der Waals surface area contributed by atoms with Gasteiger partial charge in [0.1, 0.15) is 5.82 Å². The third-order valence-corrected chi connectivity index (χ3v) is 6.81. The fourth-order valence-electron chi connectivity index (χ4n) is 4.15. The Morgan fingerprint density at radius 2 is 1.97 bits per heavy atom. The number of aryl methyl sites for hydroxylation is 1. The summed E-state index contributed by atoms with van der Waals surface area (Å²) in [6.45, 7) is 5.94. The molecule has 0 spiro atoms. The number of anilines is 1. The lowest BCUT2D eigenvalue weighted by atomic mass is 9.86. The molecular formula is C26H29N3O4S. The van der Waals surface area contributed by atoms with Crippen molar-refractivity contribution >= 4 is 23.5 Å². The summed E-state index contributed by atoms with van der Waals surface area (Å²) in [6.07, 6.45) is 0.154. The van der Waals surface area contributed by atoms with Crippen molar-refractivity contribution in [3.05, 3.63) is 75.1 Å². The number of hydrogen-bond acceptors (Lipinski definition) is 6. The molecule has 7 nitrogen and oxygen atoms in total. The van der Waals surface area contributed by atoms with Crippen LogP contribution in [0.3, 0.4) is 0 Å². The molecule has 0 saturated heterocycles. The molecule has 2 heterocycles. The van der Waals surface area contributed by atoms with Crippen LogP contribution in [-0.2, 0) is 17.6 Å². The van der Waals surface area contributed by atoms with Crippen LogP contribution in [0.15, 0.2) is 52.4 Å². The molecule has 1 N–H and O–H groups in total. The molecule has 0 bridgehead atoms. The molecule has 1 aliphatic heterocycles. The van der Waals surface area contributed by atoms with Crippen LogP contribution in [0.4, 0.5) is 5.82 Å². The maximum Gasteiger partial charge on any atom is 0.279 e. The average molecular weight is 480 g/mol. The Morgan fingerprint density at radius 1 is 1.18 bits per heavy atom. The fourth-order valence-corrected chi connectivity index (χ4v) is 5.06. The maximum atomic E-state index is 13.2. The second-order valence-corrected chi connectivity index (χ2v) is 9.62. The van der Waals surface area contributed by atoms with Gasteiger partial charge in [0.15, 0.2) is 16.7 Å². The standard InChI is InChI=1S/C26H29N3O4S/c1-15(2)33-20-10-9-18(12-21(20)32-5)19-13-22(30)27-24-23(19)25(31)28-26(29(24)4)34-14-17-8-6-7-16(3)11-17/h6-12,15,19H,13-14H2,1-5H3,(H,27,30)/t19-/m0/s1. The number of nitrogens with zero attached hydrogens (tertiary/aromatic N) is 2. The number of hydrogen-bond donors (Lipinski definition) is 1. The average Bonchev–Trinajstić information content (AvgIpc) is 2.80. The SMILES string of the molecule is COc1cc([C@@H]2CC(=O)Nc3c2c(=O)nc(SCc2cccc(C)c2)n3C)ccc1OC(C)C. The van der Waals surface area contributed by atoms with E-state index in [1.807, 2.05) is 64.2 Å². The molecule has 4 rings (SSSR count). The summed E-state index contributed by atoms with van der Waals surface area (Å²) < 4.78 is 13.1. The molecule has 8 heteroatoms. The second-order valence-electron chi connectivity index (χ2n) is 8.68. The zero-order chi connectivity index (χ0) is 24.4. The van der Waals surface area contributed by atoms with Gasteiger partial charge in [0.2, 0.25) is 5.91 Å². The van der Waals surface area contributed by atoms with E-state index < -0.39 is 5.92 Å². The number of amides is 1. The van der Waals surface area contributed by atoms with Crippen molar-refractivity contribution in [1.82, 2.24) is 9.55 Å². The summed E-state index contributed by atoms with van der Waals surface area (Å²) >= 11 is 1.47. The highest BCUT2D eigenvalue weighted by molar-refractivity contribution is 7.98. The van der Waals surface area contributed by atoms with Gasteiger partial charge < -0.3 is 19.4 Å². The van der Waals surface area contributed by atoms with E-state index in [9.17, 15) is 9.59 Å². The van der Waals surface area contributed by atoms with Crippen LogP contribution in [0, 0.1) is 6.92 Å². The predicted octanol–water partition coefficient (Wildman–Crippen LogP) is 4.65. The Hall–Kier alpha value is -3.26. The van der Waals surface area contributed by atoms with E-state index in [4.69, 9.17) is 9.47 Å². The third-order valence-electron chi connectivity index (χ3n) is 5.70. The Morgan fingerprint density at radius 3 is 2.68 bits per heavy atom. The lowest BCUT2D eigenvalue weighted by molar-refractivity contribution is -0.116. The Kier molecular flexibility index (Phi) is 6.97. The van der Waals surface area contributed by atoms with Crippen molar-refractivity contribution in [3.63, 3.8) is 0 Å². The number of carbonyl (C=O) groups is 1. The Balaban J connectivity index is 1.70. The van der Waals surface area contributed by atoms with E-state index in [1.165, 1.54) is 17.3 Å². The minimum Gasteiger partial charge on any atom is -0.493 e. The minimum atomic E-state index is -0.423. The predicted molar refractivity (Wildman–Crippen MR) is 134 cm³/mol. The first-order valence-electron chi connectivity index (χ1n) is 11.2.